The number of aromatic nitrogens is 2. The fourth-order valence-electron chi connectivity index (χ4n) is 2.11. The molecule has 0 aliphatic heterocycles. The SMILES string of the molecule is CCC(C)c1ncc(C(=O)Nc2c(Cl)cc(Cl)cc2Cl)n1C. The Kier molecular flexibility index (Phi) is 5.37. The second-order valence-electron chi connectivity index (χ2n) is 5.07. The van der Waals surface area contributed by atoms with E-state index in [4.69, 9.17) is 34.8 Å². The van der Waals surface area contributed by atoms with Crippen LogP contribution in [0.15, 0.2) is 18.3 Å². The smallest absolute Gasteiger partial charge is 0.274 e. The summed E-state index contributed by atoms with van der Waals surface area (Å²) in [6.07, 6.45) is 2.50. The van der Waals surface area contributed by atoms with Crippen LogP contribution in [0.5, 0.6) is 0 Å². The molecule has 0 fully saturated rings. The monoisotopic (exact) mass is 359 g/mol. The van der Waals surface area contributed by atoms with E-state index in [1.165, 1.54) is 12.1 Å². The van der Waals surface area contributed by atoms with Gasteiger partial charge in [-0.25, -0.2) is 4.98 Å². The number of rotatable bonds is 4. The Morgan fingerprint density at radius 3 is 2.45 bits per heavy atom. The molecule has 0 radical (unpaired) electrons. The van der Waals surface area contributed by atoms with Crippen molar-refractivity contribution in [2.45, 2.75) is 26.2 Å². The molecule has 0 saturated carbocycles. The molecule has 1 aromatic carbocycles. The highest BCUT2D eigenvalue weighted by atomic mass is 35.5. The first kappa shape index (κ1) is 17.1. The summed E-state index contributed by atoms with van der Waals surface area (Å²) in [6.45, 7) is 4.14. The first-order valence-electron chi connectivity index (χ1n) is 6.82. The van der Waals surface area contributed by atoms with Gasteiger partial charge in [0.2, 0.25) is 0 Å². The lowest BCUT2D eigenvalue weighted by Crippen LogP contribution is -2.17. The summed E-state index contributed by atoms with van der Waals surface area (Å²) in [5, 5.41) is 3.69. The number of nitrogens with zero attached hydrogens (tertiary/aromatic N) is 2. The van der Waals surface area contributed by atoms with Gasteiger partial charge in [0.05, 0.1) is 21.9 Å². The molecular formula is C15H16Cl3N3O. The Hall–Kier alpha value is -1.23. The van der Waals surface area contributed by atoms with Crippen LogP contribution in [0, 0.1) is 0 Å². The first-order valence-corrected chi connectivity index (χ1v) is 7.96. The third-order valence-corrected chi connectivity index (χ3v) is 4.37. The van der Waals surface area contributed by atoms with Gasteiger partial charge in [0.25, 0.3) is 5.91 Å². The van der Waals surface area contributed by atoms with E-state index in [0.29, 0.717) is 16.4 Å². The Labute approximate surface area is 144 Å². The molecule has 0 saturated heterocycles. The molecule has 0 aliphatic carbocycles. The lowest BCUT2D eigenvalue weighted by molar-refractivity contribution is 0.101. The zero-order valence-electron chi connectivity index (χ0n) is 12.5. The van der Waals surface area contributed by atoms with Crippen LogP contribution in [-0.4, -0.2) is 15.5 Å². The number of hydrogen-bond acceptors (Lipinski definition) is 2. The summed E-state index contributed by atoms with van der Waals surface area (Å²) in [5.41, 5.74) is 0.779. The molecular weight excluding hydrogens is 345 g/mol. The molecule has 1 heterocycles. The first-order chi connectivity index (χ1) is 10.3. The van der Waals surface area contributed by atoms with Gasteiger partial charge in [-0.3, -0.25) is 4.79 Å². The highest BCUT2D eigenvalue weighted by molar-refractivity contribution is 6.42. The van der Waals surface area contributed by atoms with Crippen LogP contribution in [-0.2, 0) is 7.05 Å². The van der Waals surface area contributed by atoms with E-state index in [2.05, 4.69) is 24.1 Å². The maximum atomic E-state index is 12.4. The van der Waals surface area contributed by atoms with E-state index < -0.39 is 0 Å². The van der Waals surface area contributed by atoms with Crippen molar-refractivity contribution in [1.82, 2.24) is 9.55 Å². The van der Waals surface area contributed by atoms with Crippen molar-refractivity contribution < 1.29 is 4.79 Å². The van der Waals surface area contributed by atoms with E-state index >= 15 is 0 Å². The average molecular weight is 361 g/mol. The zero-order valence-corrected chi connectivity index (χ0v) is 14.7. The number of imidazole rings is 1. The predicted molar refractivity (Wildman–Crippen MR) is 91.3 cm³/mol. The third kappa shape index (κ3) is 3.40. The molecule has 1 amide bonds. The lowest BCUT2D eigenvalue weighted by atomic mass is 10.1. The fourth-order valence-corrected chi connectivity index (χ4v) is 3.03. The van der Waals surface area contributed by atoms with Gasteiger partial charge >= 0.3 is 0 Å². The number of hydrogen-bond donors (Lipinski definition) is 1. The van der Waals surface area contributed by atoms with E-state index in [0.717, 1.165) is 12.2 Å². The molecule has 118 valence electrons. The summed E-state index contributed by atoms with van der Waals surface area (Å²) in [4.78, 5) is 16.7. The van der Waals surface area contributed by atoms with Gasteiger partial charge in [-0.1, -0.05) is 48.7 Å². The van der Waals surface area contributed by atoms with Crippen molar-refractivity contribution in [3.05, 3.63) is 44.9 Å². The van der Waals surface area contributed by atoms with Crippen molar-refractivity contribution in [2.75, 3.05) is 5.32 Å². The molecule has 1 atom stereocenters. The maximum Gasteiger partial charge on any atom is 0.274 e. The van der Waals surface area contributed by atoms with Crippen molar-refractivity contribution >= 4 is 46.4 Å². The third-order valence-electron chi connectivity index (χ3n) is 3.56. The molecule has 7 heteroatoms. The molecule has 1 unspecified atom stereocenters. The highest BCUT2D eigenvalue weighted by Crippen LogP contribution is 2.34. The highest BCUT2D eigenvalue weighted by Gasteiger charge is 2.19. The second-order valence-corrected chi connectivity index (χ2v) is 6.32. The normalized spacial score (nSPS) is 12.3. The summed E-state index contributed by atoms with van der Waals surface area (Å²) >= 11 is 18.0. The van der Waals surface area contributed by atoms with Crippen LogP contribution >= 0.6 is 34.8 Å². The standard InChI is InChI=1S/C15H16Cl3N3O/c1-4-8(2)14-19-7-12(21(14)3)15(22)20-13-10(17)5-9(16)6-11(13)18/h5-8H,4H2,1-3H3,(H,20,22). The summed E-state index contributed by atoms with van der Waals surface area (Å²) in [7, 11) is 1.81. The Bertz CT molecular complexity index is 689. The number of amides is 1. The van der Waals surface area contributed by atoms with Crippen LogP contribution in [0.3, 0.4) is 0 Å². The van der Waals surface area contributed by atoms with Crippen LogP contribution < -0.4 is 5.32 Å². The minimum Gasteiger partial charge on any atom is -0.327 e. The molecule has 1 aromatic heterocycles. The van der Waals surface area contributed by atoms with Crippen molar-refractivity contribution in [2.24, 2.45) is 7.05 Å². The molecule has 2 aromatic rings. The number of anilines is 1. The molecule has 0 spiro atoms. The molecule has 2 rings (SSSR count). The second kappa shape index (κ2) is 6.90. The number of carbonyl (C=O) groups excluding carboxylic acids is 1. The Morgan fingerprint density at radius 1 is 1.32 bits per heavy atom. The van der Waals surface area contributed by atoms with Gasteiger partial charge < -0.3 is 9.88 Å². The average Bonchev–Trinajstić information content (AvgIpc) is 2.83. The van der Waals surface area contributed by atoms with E-state index in [-0.39, 0.29) is 21.9 Å². The maximum absolute atomic E-state index is 12.4. The minimum atomic E-state index is -0.323. The quantitative estimate of drug-likeness (QED) is 0.820. The van der Waals surface area contributed by atoms with Crippen LogP contribution in [0.2, 0.25) is 15.1 Å². The summed E-state index contributed by atoms with van der Waals surface area (Å²) in [5.74, 6) is 0.811. The van der Waals surface area contributed by atoms with Gasteiger partial charge in [0, 0.05) is 18.0 Å². The van der Waals surface area contributed by atoms with Crippen LogP contribution in [0.25, 0.3) is 0 Å². The predicted octanol–water partition coefficient (Wildman–Crippen LogP) is 5.15. The van der Waals surface area contributed by atoms with Crippen molar-refractivity contribution in [1.29, 1.82) is 0 Å². The van der Waals surface area contributed by atoms with Gasteiger partial charge in [0.1, 0.15) is 11.5 Å². The Morgan fingerprint density at radius 2 is 1.91 bits per heavy atom. The number of benzene rings is 1. The van der Waals surface area contributed by atoms with Gasteiger partial charge in [0.15, 0.2) is 0 Å². The molecule has 1 N–H and O–H groups in total. The summed E-state index contributed by atoms with van der Waals surface area (Å²) in [6, 6.07) is 3.05. The zero-order chi connectivity index (χ0) is 16.4. The number of halogens is 3. The fraction of sp³-hybridized carbons (Fsp3) is 0.333. The number of nitrogens with one attached hydrogen (secondary N) is 1. The van der Waals surface area contributed by atoms with Crippen molar-refractivity contribution in [3.63, 3.8) is 0 Å². The molecule has 0 bridgehead atoms. The number of carbonyl (C=O) groups is 1. The molecule has 22 heavy (non-hydrogen) atoms. The lowest BCUT2D eigenvalue weighted by Gasteiger charge is -2.12. The topological polar surface area (TPSA) is 46.9 Å². The Balaban J connectivity index is 2.29. The van der Waals surface area contributed by atoms with Gasteiger partial charge in [-0.15, -0.1) is 0 Å². The van der Waals surface area contributed by atoms with E-state index in [1.54, 1.807) is 10.8 Å². The van der Waals surface area contributed by atoms with Gasteiger partial charge in [-0.2, -0.15) is 0 Å². The van der Waals surface area contributed by atoms with Crippen molar-refractivity contribution in [3.8, 4) is 0 Å². The largest absolute Gasteiger partial charge is 0.327 e. The van der Waals surface area contributed by atoms with Gasteiger partial charge in [-0.05, 0) is 18.6 Å². The summed E-state index contributed by atoms with van der Waals surface area (Å²) < 4.78 is 1.78. The van der Waals surface area contributed by atoms with Crippen LogP contribution in [0.4, 0.5) is 5.69 Å². The van der Waals surface area contributed by atoms with E-state index in [9.17, 15) is 4.79 Å². The van der Waals surface area contributed by atoms with Crippen LogP contribution in [0.1, 0.15) is 42.5 Å². The molecule has 4 nitrogen and oxygen atoms in total. The van der Waals surface area contributed by atoms with E-state index in [1.807, 2.05) is 7.05 Å². The molecule has 0 aliphatic rings. The minimum absolute atomic E-state index is 0.272.